The minimum Gasteiger partial charge on any atom is -0.496 e. The number of halogens is 1. The van der Waals surface area contributed by atoms with E-state index in [-0.39, 0.29) is 5.91 Å². The highest BCUT2D eigenvalue weighted by atomic mass is 79.9. The van der Waals surface area contributed by atoms with Crippen LogP contribution in [-0.2, 0) is 0 Å². The Bertz CT molecular complexity index is 417. The van der Waals surface area contributed by atoms with Crippen LogP contribution in [0, 0.1) is 0 Å². The number of hydrogen-bond donors (Lipinski definition) is 1. The van der Waals surface area contributed by atoms with Gasteiger partial charge in [0.15, 0.2) is 0 Å². The number of methoxy groups -OCH3 is 1. The third-order valence-electron chi connectivity index (χ3n) is 2.81. The number of benzene rings is 1. The van der Waals surface area contributed by atoms with Gasteiger partial charge in [-0.15, -0.1) is 0 Å². The number of piperazine rings is 1. The van der Waals surface area contributed by atoms with E-state index in [9.17, 15) is 4.79 Å². The molecule has 0 spiro atoms. The van der Waals surface area contributed by atoms with Crippen molar-refractivity contribution in [2.75, 3.05) is 33.3 Å². The van der Waals surface area contributed by atoms with Crippen LogP contribution >= 0.6 is 15.9 Å². The zero-order valence-electron chi connectivity index (χ0n) is 9.70. The molecule has 0 unspecified atom stereocenters. The molecule has 0 saturated carbocycles. The molecule has 0 radical (unpaired) electrons. The molecular formula is C12H15BrN2O2. The largest absolute Gasteiger partial charge is 0.496 e. The number of rotatable bonds is 2. The van der Waals surface area contributed by atoms with Gasteiger partial charge in [0, 0.05) is 30.7 Å². The first-order valence-electron chi connectivity index (χ1n) is 5.56. The molecule has 1 aromatic carbocycles. The van der Waals surface area contributed by atoms with E-state index in [0.717, 1.165) is 30.7 Å². The Hall–Kier alpha value is -1.07. The maximum absolute atomic E-state index is 12.4. The lowest BCUT2D eigenvalue weighted by molar-refractivity contribution is 0.0731. The number of carbonyl (C=O) groups is 1. The van der Waals surface area contributed by atoms with Crippen molar-refractivity contribution in [3.05, 3.63) is 28.2 Å². The zero-order valence-corrected chi connectivity index (χ0v) is 11.3. The van der Waals surface area contributed by atoms with Gasteiger partial charge < -0.3 is 15.0 Å². The van der Waals surface area contributed by atoms with Gasteiger partial charge in [-0.1, -0.05) is 6.07 Å². The molecular weight excluding hydrogens is 284 g/mol. The molecule has 1 saturated heterocycles. The second-order valence-electron chi connectivity index (χ2n) is 3.86. The number of nitrogens with zero attached hydrogens (tertiary/aromatic N) is 1. The molecule has 1 aliphatic heterocycles. The standard InChI is InChI=1S/C12H15BrN2O2/c1-17-10-4-2-3-9(13)11(10)12(16)15-7-5-14-6-8-15/h2-4,14H,5-8H2,1H3. The minimum absolute atomic E-state index is 0.0239. The Balaban J connectivity index is 2.29. The smallest absolute Gasteiger partial charge is 0.258 e. The lowest BCUT2D eigenvalue weighted by atomic mass is 10.1. The summed E-state index contributed by atoms with van der Waals surface area (Å²) >= 11 is 3.41. The van der Waals surface area contributed by atoms with Gasteiger partial charge in [0.1, 0.15) is 5.75 Å². The predicted molar refractivity (Wildman–Crippen MR) is 69.5 cm³/mol. The summed E-state index contributed by atoms with van der Waals surface area (Å²) in [5.74, 6) is 0.638. The molecule has 1 N–H and O–H groups in total. The molecule has 1 aromatic rings. The molecule has 1 aliphatic rings. The Labute approximate surface area is 109 Å². The summed E-state index contributed by atoms with van der Waals surface area (Å²) in [5, 5.41) is 3.23. The second kappa shape index (κ2) is 5.51. The Morgan fingerprint density at radius 3 is 2.76 bits per heavy atom. The first-order valence-corrected chi connectivity index (χ1v) is 6.36. The van der Waals surface area contributed by atoms with Crippen molar-refractivity contribution in [1.29, 1.82) is 0 Å². The van der Waals surface area contributed by atoms with Gasteiger partial charge in [-0.05, 0) is 28.1 Å². The number of amides is 1. The summed E-state index contributed by atoms with van der Waals surface area (Å²) in [7, 11) is 1.58. The highest BCUT2D eigenvalue weighted by Crippen LogP contribution is 2.28. The number of hydrogen-bond acceptors (Lipinski definition) is 3. The van der Waals surface area contributed by atoms with Gasteiger partial charge in [-0.3, -0.25) is 4.79 Å². The molecule has 0 aliphatic carbocycles. The van der Waals surface area contributed by atoms with E-state index in [2.05, 4.69) is 21.2 Å². The van der Waals surface area contributed by atoms with Crippen LogP contribution in [0.4, 0.5) is 0 Å². The average Bonchev–Trinajstić information content (AvgIpc) is 2.38. The van der Waals surface area contributed by atoms with E-state index < -0.39 is 0 Å². The van der Waals surface area contributed by atoms with Crippen LogP contribution in [-0.4, -0.2) is 44.1 Å². The summed E-state index contributed by atoms with van der Waals surface area (Å²) < 4.78 is 6.02. The van der Waals surface area contributed by atoms with Crippen LogP contribution in [0.2, 0.25) is 0 Å². The van der Waals surface area contributed by atoms with E-state index in [4.69, 9.17) is 4.74 Å². The van der Waals surface area contributed by atoms with E-state index in [0.29, 0.717) is 11.3 Å². The molecule has 4 nitrogen and oxygen atoms in total. The fourth-order valence-electron chi connectivity index (χ4n) is 1.91. The van der Waals surface area contributed by atoms with Crippen molar-refractivity contribution in [1.82, 2.24) is 10.2 Å². The Morgan fingerprint density at radius 1 is 1.41 bits per heavy atom. The van der Waals surface area contributed by atoms with Gasteiger partial charge in [-0.25, -0.2) is 0 Å². The maximum Gasteiger partial charge on any atom is 0.258 e. The molecule has 0 bridgehead atoms. The SMILES string of the molecule is COc1cccc(Br)c1C(=O)N1CCNCC1. The van der Waals surface area contributed by atoms with Gasteiger partial charge in [0.25, 0.3) is 5.91 Å². The highest BCUT2D eigenvalue weighted by Gasteiger charge is 2.23. The van der Waals surface area contributed by atoms with E-state index in [1.807, 2.05) is 17.0 Å². The van der Waals surface area contributed by atoms with Crippen molar-refractivity contribution in [2.45, 2.75) is 0 Å². The summed E-state index contributed by atoms with van der Waals surface area (Å²) in [6, 6.07) is 5.52. The summed E-state index contributed by atoms with van der Waals surface area (Å²) in [6.45, 7) is 3.17. The Morgan fingerprint density at radius 2 is 2.12 bits per heavy atom. The van der Waals surface area contributed by atoms with Crippen molar-refractivity contribution in [2.24, 2.45) is 0 Å². The van der Waals surface area contributed by atoms with Crippen molar-refractivity contribution in [3.63, 3.8) is 0 Å². The third kappa shape index (κ3) is 2.61. The van der Waals surface area contributed by atoms with Crippen LogP contribution in [0.25, 0.3) is 0 Å². The normalized spacial score (nSPS) is 15.8. The number of ether oxygens (including phenoxy) is 1. The second-order valence-corrected chi connectivity index (χ2v) is 4.71. The van der Waals surface area contributed by atoms with Crippen molar-refractivity contribution >= 4 is 21.8 Å². The van der Waals surface area contributed by atoms with Crippen LogP contribution in [0.1, 0.15) is 10.4 Å². The van der Waals surface area contributed by atoms with Crippen molar-refractivity contribution in [3.8, 4) is 5.75 Å². The molecule has 1 fully saturated rings. The fraction of sp³-hybridized carbons (Fsp3) is 0.417. The molecule has 17 heavy (non-hydrogen) atoms. The topological polar surface area (TPSA) is 41.6 Å². The van der Waals surface area contributed by atoms with E-state index in [1.165, 1.54) is 0 Å². The van der Waals surface area contributed by atoms with Crippen LogP contribution in [0.5, 0.6) is 5.75 Å². The minimum atomic E-state index is 0.0239. The maximum atomic E-state index is 12.4. The van der Waals surface area contributed by atoms with E-state index in [1.54, 1.807) is 13.2 Å². The van der Waals surface area contributed by atoms with E-state index >= 15 is 0 Å². The summed E-state index contributed by atoms with van der Waals surface area (Å²) in [4.78, 5) is 14.2. The average molecular weight is 299 g/mol. The summed E-state index contributed by atoms with van der Waals surface area (Å²) in [6.07, 6.45) is 0. The first-order chi connectivity index (χ1) is 8.24. The predicted octanol–water partition coefficient (Wildman–Crippen LogP) is 1.50. The van der Waals surface area contributed by atoms with Gasteiger partial charge in [0.2, 0.25) is 0 Å². The molecule has 1 heterocycles. The van der Waals surface area contributed by atoms with Crippen LogP contribution in [0.3, 0.4) is 0 Å². The molecule has 5 heteroatoms. The molecule has 1 amide bonds. The lowest BCUT2D eigenvalue weighted by Crippen LogP contribution is -2.46. The van der Waals surface area contributed by atoms with Gasteiger partial charge in [0.05, 0.1) is 12.7 Å². The fourth-order valence-corrected chi connectivity index (χ4v) is 2.43. The lowest BCUT2D eigenvalue weighted by Gasteiger charge is -2.28. The van der Waals surface area contributed by atoms with Crippen LogP contribution < -0.4 is 10.1 Å². The summed E-state index contributed by atoms with van der Waals surface area (Å²) in [5.41, 5.74) is 0.608. The number of carbonyl (C=O) groups excluding carboxylic acids is 1. The van der Waals surface area contributed by atoms with Crippen molar-refractivity contribution < 1.29 is 9.53 Å². The third-order valence-corrected chi connectivity index (χ3v) is 3.47. The molecule has 92 valence electrons. The van der Waals surface area contributed by atoms with Gasteiger partial charge >= 0.3 is 0 Å². The number of nitrogens with one attached hydrogen (secondary N) is 1. The zero-order chi connectivity index (χ0) is 12.3. The highest BCUT2D eigenvalue weighted by molar-refractivity contribution is 9.10. The molecule has 2 rings (SSSR count). The molecule has 0 aromatic heterocycles. The Kier molecular flexibility index (Phi) is 4.02. The van der Waals surface area contributed by atoms with Gasteiger partial charge in [-0.2, -0.15) is 0 Å². The molecule has 0 atom stereocenters. The van der Waals surface area contributed by atoms with Crippen LogP contribution in [0.15, 0.2) is 22.7 Å². The quantitative estimate of drug-likeness (QED) is 0.900. The first kappa shape index (κ1) is 12.4. The monoisotopic (exact) mass is 298 g/mol.